The summed E-state index contributed by atoms with van der Waals surface area (Å²) >= 11 is 0. The Balaban J connectivity index is 1.68. The van der Waals surface area contributed by atoms with Gasteiger partial charge < -0.3 is 20.1 Å². The van der Waals surface area contributed by atoms with Crippen LogP contribution >= 0.6 is 0 Å². The maximum atomic E-state index is 11.9. The van der Waals surface area contributed by atoms with E-state index >= 15 is 0 Å². The van der Waals surface area contributed by atoms with Crippen LogP contribution in [0, 0.1) is 13.8 Å². The van der Waals surface area contributed by atoms with Gasteiger partial charge in [-0.3, -0.25) is 4.79 Å². The van der Waals surface area contributed by atoms with Gasteiger partial charge in [0, 0.05) is 63.4 Å². The van der Waals surface area contributed by atoms with Crippen molar-refractivity contribution in [3.05, 3.63) is 41.1 Å². The predicted molar refractivity (Wildman–Crippen MR) is 97.8 cm³/mol. The monoisotopic (exact) mass is 342 g/mol. The molecule has 1 aliphatic rings. The zero-order valence-electron chi connectivity index (χ0n) is 15.3. The Bertz CT molecular complexity index is 769. The molecule has 25 heavy (non-hydrogen) atoms. The summed E-state index contributed by atoms with van der Waals surface area (Å²) in [5.74, 6) is 0.860. The van der Waals surface area contributed by atoms with Crippen LogP contribution in [-0.4, -0.2) is 46.6 Å². The number of hydrogen-bond donors (Lipinski definition) is 2. The number of amides is 1. The molecule has 3 rings (SSSR count). The van der Waals surface area contributed by atoms with Gasteiger partial charge in [0.15, 0.2) is 0 Å². The number of aryl methyl sites for hydroxylation is 2. The molecule has 1 atom stereocenters. The zero-order valence-corrected chi connectivity index (χ0v) is 15.3. The molecule has 2 N–H and O–H groups in total. The summed E-state index contributed by atoms with van der Waals surface area (Å²) in [4.78, 5) is 23.0. The largest absolute Gasteiger partial charge is 0.357 e. The Hall–Kier alpha value is -2.41. The molecule has 0 radical (unpaired) electrons. The van der Waals surface area contributed by atoms with Crippen LogP contribution in [0.1, 0.15) is 33.9 Å². The highest BCUT2D eigenvalue weighted by Gasteiger charge is 2.26. The lowest BCUT2D eigenvalue weighted by Crippen LogP contribution is -2.33. The Morgan fingerprint density at radius 2 is 2.16 bits per heavy atom. The molecule has 1 amide bonds. The molecular formula is C18H26N6O. The van der Waals surface area contributed by atoms with Crippen LogP contribution in [0.25, 0.3) is 0 Å². The first kappa shape index (κ1) is 17.4. The molecule has 2 aromatic rings. The quantitative estimate of drug-likeness (QED) is 0.853. The molecule has 134 valence electrons. The third-order valence-electron chi connectivity index (χ3n) is 4.77. The maximum Gasteiger partial charge on any atom is 0.288 e. The third kappa shape index (κ3) is 3.82. The molecule has 0 aliphatic carbocycles. The second kappa shape index (κ2) is 7.23. The van der Waals surface area contributed by atoms with Gasteiger partial charge >= 0.3 is 0 Å². The molecule has 0 aromatic carbocycles. The molecular weight excluding hydrogens is 316 g/mol. The van der Waals surface area contributed by atoms with Gasteiger partial charge in [0.05, 0.1) is 0 Å². The van der Waals surface area contributed by atoms with Crippen LogP contribution in [-0.2, 0) is 13.6 Å². The van der Waals surface area contributed by atoms with E-state index in [1.807, 2.05) is 20.9 Å². The summed E-state index contributed by atoms with van der Waals surface area (Å²) < 4.78 is 2.06. The number of aromatic nitrogens is 3. The van der Waals surface area contributed by atoms with E-state index in [1.165, 1.54) is 5.56 Å². The van der Waals surface area contributed by atoms with Crippen molar-refractivity contribution in [1.82, 2.24) is 25.2 Å². The van der Waals surface area contributed by atoms with E-state index in [9.17, 15) is 4.79 Å². The average molecular weight is 342 g/mol. The summed E-state index contributed by atoms with van der Waals surface area (Å²) in [5.41, 5.74) is 3.18. The van der Waals surface area contributed by atoms with E-state index in [2.05, 4.69) is 48.5 Å². The fourth-order valence-electron chi connectivity index (χ4n) is 3.18. The summed E-state index contributed by atoms with van der Waals surface area (Å²) in [6.45, 7) is 6.62. The third-order valence-corrected chi connectivity index (χ3v) is 4.77. The molecule has 1 saturated heterocycles. The lowest BCUT2D eigenvalue weighted by Gasteiger charge is -2.21. The highest BCUT2D eigenvalue weighted by Crippen LogP contribution is 2.24. The summed E-state index contributed by atoms with van der Waals surface area (Å²) in [5, 5.41) is 6.21. The highest BCUT2D eigenvalue weighted by atomic mass is 16.2. The van der Waals surface area contributed by atoms with Gasteiger partial charge in [0.1, 0.15) is 5.82 Å². The van der Waals surface area contributed by atoms with Crippen LogP contribution in [0.4, 0.5) is 5.82 Å². The molecule has 0 unspecified atom stereocenters. The van der Waals surface area contributed by atoms with Gasteiger partial charge in [0.25, 0.3) is 5.91 Å². The molecule has 0 spiro atoms. The highest BCUT2D eigenvalue weighted by molar-refractivity contribution is 5.90. The zero-order chi connectivity index (χ0) is 18.0. The number of hydrogen-bond acceptors (Lipinski definition) is 5. The van der Waals surface area contributed by atoms with Crippen molar-refractivity contribution >= 4 is 11.7 Å². The van der Waals surface area contributed by atoms with Crippen molar-refractivity contribution in [3.8, 4) is 0 Å². The van der Waals surface area contributed by atoms with Crippen LogP contribution in [0.3, 0.4) is 0 Å². The van der Waals surface area contributed by atoms with Crippen molar-refractivity contribution in [2.45, 2.75) is 32.9 Å². The van der Waals surface area contributed by atoms with Gasteiger partial charge in [-0.05, 0) is 31.9 Å². The van der Waals surface area contributed by atoms with Crippen molar-refractivity contribution in [3.63, 3.8) is 0 Å². The van der Waals surface area contributed by atoms with Gasteiger partial charge in [-0.25, -0.2) is 9.97 Å². The van der Waals surface area contributed by atoms with Gasteiger partial charge in [-0.2, -0.15) is 0 Å². The topological polar surface area (TPSA) is 75.1 Å². The maximum absolute atomic E-state index is 11.9. The van der Waals surface area contributed by atoms with E-state index in [0.29, 0.717) is 6.04 Å². The smallest absolute Gasteiger partial charge is 0.288 e. The van der Waals surface area contributed by atoms with Gasteiger partial charge in [-0.15, -0.1) is 0 Å². The second-order valence-corrected chi connectivity index (χ2v) is 6.66. The Morgan fingerprint density at radius 3 is 2.84 bits per heavy atom. The van der Waals surface area contributed by atoms with Crippen LogP contribution < -0.4 is 15.5 Å². The van der Waals surface area contributed by atoms with Crippen LogP contribution in [0.15, 0.2) is 18.5 Å². The second-order valence-electron chi connectivity index (χ2n) is 6.66. The van der Waals surface area contributed by atoms with Crippen molar-refractivity contribution in [2.24, 2.45) is 7.05 Å². The van der Waals surface area contributed by atoms with Crippen LogP contribution in [0.5, 0.6) is 0 Å². The molecule has 0 saturated carbocycles. The van der Waals surface area contributed by atoms with E-state index in [0.717, 1.165) is 43.1 Å². The summed E-state index contributed by atoms with van der Waals surface area (Å²) in [7, 11) is 3.63. The minimum Gasteiger partial charge on any atom is -0.357 e. The molecule has 7 nitrogen and oxygen atoms in total. The van der Waals surface area contributed by atoms with Crippen LogP contribution in [0.2, 0.25) is 0 Å². The fourth-order valence-corrected chi connectivity index (χ4v) is 3.18. The number of carbonyl (C=O) groups is 1. The first-order valence-electron chi connectivity index (χ1n) is 8.64. The van der Waals surface area contributed by atoms with Crippen molar-refractivity contribution in [1.29, 1.82) is 0 Å². The molecule has 1 fully saturated rings. The van der Waals surface area contributed by atoms with Gasteiger partial charge in [0.2, 0.25) is 5.82 Å². The fraction of sp³-hybridized carbons (Fsp3) is 0.500. The van der Waals surface area contributed by atoms with E-state index in [1.54, 1.807) is 7.05 Å². The average Bonchev–Trinajstić information content (AvgIpc) is 3.23. The number of nitrogens with zero attached hydrogens (tertiary/aromatic N) is 4. The lowest BCUT2D eigenvalue weighted by atomic mass is 10.2. The standard InChI is InChI=1S/C18H26N6O/c1-12-13(2)21-16(18(25)19-3)22-17(12)24-8-6-15(11-24)20-9-14-5-7-23(4)10-14/h5,7,10,15,20H,6,8-9,11H2,1-4H3,(H,19,25)/t15-/m1/s1. The number of anilines is 1. The van der Waals surface area contributed by atoms with E-state index < -0.39 is 0 Å². The number of nitrogens with one attached hydrogen (secondary N) is 2. The first-order valence-corrected chi connectivity index (χ1v) is 8.64. The molecule has 1 aliphatic heterocycles. The van der Waals surface area contributed by atoms with Crippen molar-refractivity contribution in [2.75, 3.05) is 25.0 Å². The molecule has 7 heteroatoms. The lowest BCUT2D eigenvalue weighted by molar-refractivity contribution is 0.0952. The minimum atomic E-state index is -0.248. The normalized spacial score (nSPS) is 17.1. The SMILES string of the molecule is CNC(=O)c1nc(C)c(C)c(N2CC[C@@H](NCc3ccn(C)c3)C2)n1. The first-order chi connectivity index (χ1) is 12.0. The Labute approximate surface area is 148 Å². The summed E-state index contributed by atoms with van der Waals surface area (Å²) in [6, 6.07) is 2.55. The van der Waals surface area contributed by atoms with E-state index in [4.69, 9.17) is 0 Å². The Morgan fingerprint density at radius 1 is 1.36 bits per heavy atom. The van der Waals surface area contributed by atoms with Gasteiger partial charge in [-0.1, -0.05) is 0 Å². The minimum absolute atomic E-state index is 0.237. The molecule has 3 heterocycles. The van der Waals surface area contributed by atoms with Crippen molar-refractivity contribution < 1.29 is 4.79 Å². The number of rotatable bonds is 5. The summed E-state index contributed by atoms with van der Waals surface area (Å²) in [6.07, 6.45) is 5.25. The molecule has 2 aromatic heterocycles. The van der Waals surface area contributed by atoms with E-state index in [-0.39, 0.29) is 11.7 Å². The molecule has 0 bridgehead atoms. The number of carbonyl (C=O) groups excluding carboxylic acids is 1. The Kier molecular flexibility index (Phi) is 5.03. The predicted octanol–water partition coefficient (Wildman–Crippen LogP) is 1.16.